The number of sulfonamides is 1. The Kier molecular flexibility index (Phi) is 5.58. The number of hydrogen-bond acceptors (Lipinski definition) is 4. The topological polar surface area (TPSA) is 67.4 Å². The Bertz CT molecular complexity index is 474. The second-order valence-electron chi connectivity index (χ2n) is 4.18. The molecule has 0 bridgehead atoms. The van der Waals surface area contributed by atoms with Gasteiger partial charge in [-0.05, 0) is 31.2 Å². The first-order chi connectivity index (χ1) is 8.49. The van der Waals surface area contributed by atoms with Crippen LogP contribution < -0.4 is 10.0 Å². The van der Waals surface area contributed by atoms with Gasteiger partial charge in [-0.3, -0.25) is 0 Å². The van der Waals surface area contributed by atoms with Crippen LogP contribution in [0, 0.1) is 5.92 Å². The minimum atomic E-state index is -3.38. The van der Waals surface area contributed by atoms with Gasteiger partial charge in [0.2, 0.25) is 10.0 Å². The van der Waals surface area contributed by atoms with Crippen molar-refractivity contribution in [1.82, 2.24) is 4.72 Å². The van der Waals surface area contributed by atoms with E-state index in [1.807, 2.05) is 6.07 Å². The standard InChI is InChI=1S/C12H20N2O3S/c1-10(9-17-3)8-14-11-5-4-6-12(7-11)18(15,16)13-2/h4-7,10,13-14H,8-9H2,1-3H3. The molecule has 0 spiro atoms. The lowest BCUT2D eigenvalue weighted by molar-refractivity contribution is 0.164. The zero-order valence-electron chi connectivity index (χ0n) is 10.9. The summed E-state index contributed by atoms with van der Waals surface area (Å²) in [4.78, 5) is 0.259. The Morgan fingerprint density at radius 2 is 2.11 bits per heavy atom. The number of methoxy groups -OCH3 is 1. The van der Waals surface area contributed by atoms with Crippen molar-refractivity contribution in [2.24, 2.45) is 5.92 Å². The van der Waals surface area contributed by atoms with E-state index < -0.39 is 10.0 Å². The summed E-state index contributed by atoms with van der Waals surface area (Å²) in [5, 5.41) is 3.19. The third-order valence-electron chi connectivity index (χ3n) is 2.52. The molecule has 0 aromatic heterocycles. The van der Waals surface area contributed by atoms with E-state index in [0.29, 0.717) is 12.5 Å². The third-order valence-corrected chi connectivity index (χ3v) is 3.93. The van der Waals surface area contributed by atoms with Gasteiger partial charge in [-0.2, -0.15) is 0 Å². The molecule has 102 valence electrons. The largest absolute Gasteiger partial charge is 0.385 e. The predicted molar refractivity (Wildman–Crippen MR) is 72.2 cm³/mol. The number of rotatable bonds is 7. The second-order valence-corrected chi connectivity index (χ2v) is 6.06. The highest BCUT2D eigenvalue weighted by atomic mass is 32.2. The summed E-state index contributed by atoms with van der Waals surface area (Å²) in [5.74, 6) is 0.361. The quantitative estimate of drug-likeness (QED) is 0.785. The van der Waals surface area contributed by atoms with E-state index in [9.17, 15) is 8.42 Å². The maximum Gasteiger partial charge on any atom is 0.240 e. The predicted octanol–water partition coefficient (Wildman–Crippen LogP) is 1.29. The van der Waals surface area contributed by atoms with E-state index in [-0.39, 0.29) is 4.90 Å². The average molecular weight is 272 g/mol. The molecule has 1 aromatic carbocycles. The molecule has 5 nitrogen and oxygen atoms in total. The third kappa shape index (κ3) is 4.29. The van der Waals surface area contributed by atoms with E-state index in [1.54, 1.807) is 25.3 Å². The lowest BCUT2D eigenvalue weighted by Crippen LogP contribution is -2.19. The van der Waals surface area contributed by atoms with Gasteiger partial charge in [-0.25, -0.2) is 13.1 Å². The van der Waals surface area contributed by atoms with Gasteiger partial charge in [-0.15, -0.1) is 0 Å². The lowest BCUT2D eigenvalue weighted by atomic mass is 10.2. The maximum absolute atomic E-state index is 11.6. The second kappa shape index (κ2) is 6.72. The van der Waals surface area contributed by atoms with Crippen LogP contribution in [-0.2, 0) is 14.8 Å². The zero-order valence-corrected chi connectivity index (χ0v) is 11.8. The first-order valence-electron chi connectivity index (χ1n) is 5.76. The molecular formula is C12H20N2O3S. The summed E-state index contributed by atoms with van der Waals surface area (Å²) in [6.45, 7) is 3.46. The van der Waals surface area contributed by atoms with Crippen molar-refractivity contribution in [3.05, 3.63) is 24.3 Å². The monoisotopic (exact) mass is 272 g/mol. The van der Waals surface area contributed by atoms with E-state index in [1.165, 1.54) is 7.05 Å². The van der Waals surface area contributed by atoms with Crippen LogP contribution in [0.15, 0.2) is 29.2 Å². The minimum absolute atomic E-state index is 0.259. The van der Waals surface area contributed by atoms with Crippen LogP contribution >= 0.6 is 0 Å². The van der Waals surface area contributed by atoms with Crippen LogP contribution in [0.2, 0.25) is 0 Å². The van der Waals surface area contributed by atoms with Gasteiger partial charge in [0.15, 0.2) is 0 Å². The molecule has 18 heavy (non-hydrogen) atoms. The van der Waals surface area contributed by atoms with Gasteiger partial charge in [0.05, 0.1) is 11.5 Å². The number of hydrogen-bond donors (Lipinski definition) is 2. The lowest BCUT2D eigenvalue weighted by Gasteiger charge is -2.13. The molecule has 0 fully saturated rings. The number of benzene rings is 1. The maximum atomic E-state index is 11.6. The van der Waals surface area contributed by atoms with Crippen LogP contribution in [0.1, 0.15) is 6.92 Å². The van der Waals surface area contributed by atoms with E-state index >= 15 is 0 Å². The van der Waals surface area contributed by atoms with Gasteiger partial charge < -0.3 is 10.1 Å². The highest BCUT2D eigenvalue weighted by Gasteiger charge is 2.11. The van der Waals surface area contributed by atoms with Crippen molar-refractivity contribution >= 4 is 15.7 Å². The first-order valence-corrected chi connectivity index (χ1v) is 7.24. The molecule has 0 saturated carbocycles. The van der Waals surface area contributed by atoms with Gasteiger partial charge in [0.25, 0.3) is 0 Å². The molecule has 2 N–H and O–H groups in total. The van der Waals surface area contributed by atoms with Crippen LogP contribution in [0.25, 0.3) is 0 Å². The van der Waals surface area contributed by atoms with Gasteiger partial charge in [0.1, 0.15) is 0 Å². The van der Waals surface area contributed by atoms with E-state index in [4.69, 9.17) is 4.74 Å². The van der Waals surface area contributed by atoms with Crippen molar-refractivity contribution in [2.75, 3.05) is 32.6 Å². The number of ether oxygens (including phenoxy) is 1. The van der Waals surface area contributed by atoms with Crippen molar-refractivity contribution in [3.63, 3.8) is 0 Å². The molecule has 1 unspecified atom stereocenters. The first kappa shape index (κ1) is 14.9. The summed E-state index contributed by atoms with van der Waals surface area (Å²) < 4.78 is 30.6. The molecule has 6 heteroatoms. The zero-order chi connectivity index (χ0) is 13.6. The summed E-state index contributed by atoms with van der Waals surface area (Å²) in [5.41, 5.74) is 0.786. The van der Waals surface area contributed by atoms with Crippen molar-refractivity contribution in [3.8, 4) is 0 Å². The highest BCUT2D eigenvalue weighted by Crippen LogP contribution is 2.15. The summed E-state index contributed by atoms with van der Waals surface area (Å²) in [6.07, 6.45) is 0. The van der Waals surface area contributed by atoms with Gasteiger partial charge in [0, 0.05) is 19.3 Å². The molecule has 0 aliphatic carbocycles. The Morgan fingerprint density at radius 3 is 2.72 bits per heavy atom. The summed E-state index contributed by atoms with van der Waals surface area (Å²) in [7, 11) is -0.322. The van der Waals surface area contributed by atoms with Crippen LogP contribution in [0.5, 0.6) is 0 Å². The fraction of sp³-hybridized carbons (Fsp3) is 0.500. The van der Waals surface area contributed by atoms with Crippen molar-refractivity contribution in [2.45, 2.75) is 11.8 Å². The fourth-order valence-corrected chi connectivity index (χ4v) is 2.30. The molecule has 1 rings (SSSR count). The number of anilines is 1. The Morgan fingerprint density at radius 1 is 1.39 bits per heavy atom. The Balaban J connectivity index is 2.72. The van der Waals surface area contributed by atoms with Gasteiger partial charge in [-0.1, -0.05) is 13.0 Å². The molecule has 0 amide bonds. The molecule has 1 aromatic rings. The van der Waals surface area contributed by atoms with Crippen molar-refractivity contribution < 1.29 is 13.2 Å². The number of nitrogens with one attached hydrogen (secondary N) is 2. The normalized spacial score (nSPS) is 13.3. The highest BCUT2D eigenvalue weighted by molar-refractivity contribution is 7.89. The van der Waals surface area contributed by atoms with Crippen LogP contribution in [0.4, 0.5) is 5.69 Å². The Hall–Kier alpha value is -1.11. The SMILES string of the molecule is CNS(=O)(=O)c1cccc(NCC(C)COC)c1. The Labute approximate surface area is 109 Å². The molecule has 0 aliphatic rings. The molecule has 0 heterocycles. The molecular weight excluding hydrogens is 252 g/mol. The molecule has 1 atom stereocenters. The molecule has 0 radical (unpaired) electrons. The van der Waals surface area contributed by atoms with E-state index in [2.05, 4.69) is 17.0 Å². The molecule has 0 aliphatic heterocycles. The van der Waals surface area contributed by atoms with Crippen LogP contribution in [0.3, 0.4) is 0 Å². The van der Waals surface area contributed by atoms with Crippen molar-refractivity contribution in [1.29, 1.82) is 0 Å². The smallest absolute Gasteiger partial charge is 0.240 e. The summed E-state index contributed by atoms with van der Waals surface area (Å²) >= 11 is 0. The molecule has 0 saturated heterocycles. The van der Waals surface area contributed by atoms with Gasteiger partial charge >= 0.3 is 0 Å². The summed E-state index contributed by atoms with van der Waals surface area (Å²) in [6, 6.07) is 6.74. The van der Waals surface area contributed by atoms with E-state index in [0.717, 1.165) is 12.2 Å². The minimum Gasteiger partial charge on any atom is -0.385 e. The fourth-order valence-electron chi connectivity index (χ4n) is 1.53. The van der Waals surface area contributed by atoms with Crippen LogP contribution in [-0.4, -0.2) is 35.7 Å². The average Bonchev–Trinajstić information content (AvgIpc) is 2.37.